The molecule has 2 rings (SSSR count). The Morgan fingerprint density at radius 2 is 2.27 bits per heavy atom. The molecule has 1 aromatic rings. The summed E-state index contributed by atoms with van der Waals surface area (Å²) in [6.45, 7) is 6.56. The summed E-state index contributed by atoms with van der Waals surface area (Å²) in [6, 6.07) is 4.48. The number of rotatable bonds is 5. The summed E-state index contributed by atoms with van der Waals surface area (Å²) in [6.07, 6.45) is 4.41. The third-order valence-corrected chi connectivity index (χ3v) is 3.04. The van der Waals surface area contributed by atoms with Gasteiger partial charge in [-0.25, -0.2) is 0 Å². The first-order valence-corrected chi connectivity index (χ1v) is 5.90. The van der Waals surface area contributed by atoms with Crippen LogP contribution in [-0.2, 0) is 0 Å². The molecular formula is C12H20N2O. The van der Waals surface area contributed by atoms with E-state index in [0.717, 1.165) is 18.8 Å². The molecule has 15 heavy (non-hydrogen) atoms. The van der Waals surface area contributed by atoms with Crippen molar-refractivity contribution in [1.29, 1.82) is 0 Å². The number of nitrogens with zero attached hydrogens (tertiary/aromatic N) is 1. The van der Waals surface area contributed by atoms with Gasteiger partial charge in [-0.2, -0.15) is 0 Å². The van der Waals surface area contributed by atoms with Crippen LogP contribution in [0.2, 0.25) is 0 Å². The number of likely N-dealkylation sites (tertiary alicyclic amines) is 1. The second-order valence-electron chi connectivity index (χ2n) is 4.08. The van der Waals surface area contributed by atoms with Crippen molar-refractivity contribution in [1.82, 2.24) is 10.2 Å². The van der Waals surface area contributed by atoms with E-state index in [1.54, 1.807) is 6.26 Å². The minimum absolute atomic E-state index is 0.419. The molecule has 2 heterocycles. The summed E-state index contributed by atoms with van der Waals surface area (Å²) in [5, 5.41) is 3.41. The summed E-state index contributed by atoms with van der Waals surface area (Å²) >= 11 is 0. The van der Waals surface area contributed by atoms with Gasteiger partial charge < -0.3 is 9.73 Å². The third-order valence-electron chi connectivity index (χ3n) is 3.04. The highest BCUT2D eigenvalue weighted by Gasteiger charge is 2.24. The van der Waals surface area contributed by atoms with Gasteiger partial charge in [0.05, 0.1) is 12.3 Å². The maximum Gasteiger partial charge on any atom is 0.122 e. The summed E-state index contributed by atoms with van der Waals surface area (Å²) < 4.78 is 5.52. The van der Waals surface area contributed by atoms with Gasteiger partial charge in [-0.05, 0) is 44.6 Å². The van der Waals surface area contributed by atoms with Crippen LogP contribution in [0.3, 0.4) is 0 Å². The van der Waals surface area contributed by atoms with Crippen LogP contribution in [0.1, 0.15) is 31.6 Å². The number of hydrogen-bond acceptors (Lipinski definition) is 3. The van der Waals surface area contributed by atoms with Crippen molar-refractivity contribution >= 4 is 0 Å². The van der Waals surface area contributed by atoms with Crippen LogP contribution in [0.25, 0.3) is 0 Å². The topological polar surface area (TPSA) is 28.4 Å². The Kier molecular flexibility index (Phi) is 3.80. The number of nitrogens with one attached hydrogen (secondary N) is 1. The lowest BCUT2D eigenvalue weighted by Crippen LogP contribution is -2.33. The van der Waals surface area contributed by atoms with Crippen molar-refractivity contribution in [3.05, 3.63) is 24.2 Å². The van der Waals surface area contributed by atoms with E-state index in [1.807, 2.05) is 6.07 Å². The summed E-state index contributed by atoms with van der Waals surface area (Å²) in [5.41, 5.74) is 0. The van der Waals surface area contributed by atoms with Crippen LogP contribution >= 0.6 is 0 Å². The Morgan fingerprint density at radius 1 is 1.47 bits per heavy atom. The molecule has 3 heteroatoms. The van der Waals surface area contributed by atoms with Crippen LogP contribution in [0.4, 0.5) is 0 Å². The zero-order chi connectivity index (χ0) is 10.5. The highest BCUT2D eigenvalue weighted by molar-refractivity contribution is 5.06. The highest BCUT2D eigenvalue weighted by Crippen LogP contribution is 2.24. The smallest absolute Gasteiger partial charge is 0.122 e. The van der Waals surface area contributed by atoms with Gasteiger partial charge in [-0.1, -0.05) is 6.92 Å². The van der Waals surface area contributed by atoms with Gasteiger partial charge in [0, 0.05) is 6.54 Å². The zero-order valence-electron chi connectivity index (χ0n) is 9.41. The van der Waals surface area contributed by atoms with E-state index >= 15 is 0 Å². The van der Waals surface area contributed by atoms with Crippen LogP contribution in [0.15, 0.2) is 22.8 Å². The quantitative estimate of drug-likeness (QED) is 0.802. The van der Waals surface area contributed by atoms with E-state index in [9.17, 15) is 0 Å². The minimum Gasteiger partial charge on any atom is -0.468 e. The lowest BCUT2D eigenvalue weighted by molar-refractivity contribution is 0.210. The largest absolute Gasteiger partial charge is 0.468 e. The molecule has 0 radical (unpaired) electrons. The van der Waals surface area contributed by atoms with Gasteiger partial charge >= 0.3 is 0 Å². The third kappa shape index (κ3) is 2.61. The summed E-state index contributed by atoms with van der Waals surface area (Å²) in [5.74, 6) is 1.10. The van der Waals surface area contributed by atoms with Gasteiger partial charge in [0.2, 0.25) is 0 Å². The first kappa shape index (κ1) is 10.7. The second-order valence-corrected chi connectivity index (χ2v) is 4.08. The fourth-order valence-electron chi connectivity index (χ4n) is 2.22. The molecule has 1 aliphatic rings. The predicted octanol–water partition coefficient (Wildman–Crippen LogP) is 2.03. The Morgan fingerprint density at radius 3 is 2.87 bits per heavy atom. The van der Waals surface area contributed by atoms with Crippen molar-refractivity contribution in [2.75, 3.05) is 26.2 Å². The zero-order valence-corrected chi connectivity index (χ0v) is 9.41. The molecule has 3 nitrogen and oxygen atoms in total. The Labute approximate surface area is 91.4 Å². The normalized spacial score (nSPS) is 19.5. The van der Waals surface area contributed by atoms with Crippen LogP contribution in [0.5, 0.6) is 0 Å². The Hall–Kier alpha value is -0.800. The maximum atomic E-state index is 5.52. The number of hydrogen-bond donors (Lipinski definition) is 1. The molecule has 84 valence electrons. The lowest BCUT2D eigenvalue weighted by Gasteiger charge is -2.25. The molecule has 1 saturated heterocycles. The lowest BCUT2D eigenvalue weighted by atomic mass is 10.2. The molecule has 0 amide bonds. The molecular weight excluding hydrogens is 188 g/mol. The molecule has 1 unspecified atom stereocenters. The van der Waals surface area contributed by atoms with E-state index in [0.29, 0.717) is 6.04 Å². The average Bonchev–Trinajstić information content (AvgIpc) is 2.90. The second kappa shape index (κ2) is 5.33. The molecule has 0 aliphatic carbocycles. The first-order chi connectivity index (χ1) is 7.42. The van der Waals surface area contributed by atoms with Crippen molar-refractivity contribution in [2.24, 2.45) is 0 Å². The number of likely N-dealkylation sites (N-methyl/N-ethyl adjacent to an activating group) is 1. The van der Waals surface area contributed by atoms with Gasteiger partial charge in [0.15, 0.2) is 0 Å². The van der Waals surface area contributed by atoms with Crippen molar-refractivity contribution in [3.8, 4) is 0 Å². The molecule has 1 aliphatic heterocycles. The highest BCUT2D eigenvalue weighted by atomic mass is 16.3. The SMILES string of the molecule is CCNCC(c1ccco1)N1CCCC1. The molecule has 1 fully saturated rings. The molecule has 1 atom stereocenters. The standard InChI is InChI=1S/C12H20N2O/c1-2-13-10-11(12-6-5-9-15-12)14-7-3-4-8-14/h5-6,9,11,13H,2-4,7-8,10H2,1H3. The Balaban J connectivity index is 2.01. The minimum atomic E-state index is 0.419. The first-order valence-electron chi connectivity index (χ1n) is 5.90. The monoisotopic (exact) mass is 208 g/mol. The average molecular weight is 208 g/mol. The van der Waals surface area contributed by atoms with E-state index < -0.39 is 0 Å². The summed E-state index contributed by atoms with van der Waals surface area (Å²) in [4.78, 5) is 2.52. The predicted molar refractivity (Wildman–Crippen MR) is 60.8 cm³/mol. The van der Waals surface area contributed by atoms with Gasteiger partial charge in [0.25, 0.3) is 0 Å². The van der Waals surface area contributed by atoms with Gasteiger partial charge in [-0.3, -0.25) is 4.90 Å². The van der Waals surface area contributed by atoms with Crippen molar-refractivity contribution in [3.63, 3.8) is 0 Å². The van der Waals surface area contributed by atoms with E-state index in [-0.39, 0.29) is 0 Å². The molecule has 1 aromatic heterocycles. The number of furan rings is 1. The molecule has 1 N–H and O–H groups in total. The Bertz CT molecular complexity index is 265. The van der Waals surface area contributed by atoms with Crippen LogP contribution < -0.4 is 5.32 Å². The van der Waals surface area contributed by atoms with E-state index in [2.05, 4.69) is 23.2 Å². The van der Waals surface area contributed by atoms with Crippen molar-refractivity contribution < 1.29 is 4.42 Å². The van der Waals surface area contributed by atoms with Gasteiger partial charge in [0.1, 0.15) is 5.76 Å². The van der Waals surface area contributed by atoms with Crippen molar-refractivity contribution in [2.45, 2.75) is 25.8 Å². The fraction of sp³-hybridized carbons (Fsp3) is 0.667. The van der Waals surface area contributed by atoms with Gasteiger partial charge in [-0.15, -0.1) is 0 Å². The van der Waals surface area contributed by atoms with Crippen LogP contribution in [0, 0.1) is 0 Å². The molecule has 0 aromatic carbocycles. The summed E-state index contributed by atoms with van der Waals surface area (Å²) in [7, 11) is 0. The fourth-order valence-corrected chi connectivity index (χ4v) is 2.22. The van der Waals surface area contributed by atoms with E-state index in [4.69, 9.17) is 4.42 Å². The maximum absolute atomic E-state index is 5.52. The molecule has 0 spiro atoms. The molecule has 0 bridgehead atoms. The van der Waals surface area contributed by atoms with E-state index in [1.165, 1.54) is 25.9 Å². The molecule has 0 saturated carbocycles. The van der Waals surface area contributed by atoms with Crippen LogP contribution in [-0.4, -0.2) is 31.1 Å².